The average Bonchev–Trinajstić information content (AvgIpc) is 2.20. The number of carbonyl (C=O) groups excluding carboxylic acids is 1. The lowest BCUT2D eigenvalue weighted by Crippen LogP contribution is -2.49. The van der Waals surface area contributed by atoms with Crippen LogP contribution in [0.1, 0.15) is 53.9 Å². The van der Waals surface area contributed by atoms with Gasteiger partial charge in [0.05, 0.1) is 0 Å². The molecule has 2 amide bonds. The van der Waals surface area contributed by atoms with Gasteiger partial charge in [0.1, 0.15) is 0 Å². The molecule has 0 saturated carbocycles. The van der Waals surface area contributed by atoms with Gasteiger partial charge in [0.25, 0.3) is 0 Å². The van der Waals surface area contributed by atoms with Crippen LogP contribution in [-0.4, -0.2) is 29.6 Å². The van der Waals surface area contributed by atoms with E-state index < -0.39 is 0 Å². The molecule has 15 heavy (non-hydrogen) atoms. The third-order valence-electron chi connectivity index (χ3n) is 2.13. The summed E-state index contributed by atoms with van der Waals surface area (Å²) in [5.41, 5.74) is -0.117. The molecule has 1 aliphatic heterocycles. The Kier molecular flexibility index (Phi) is 6.37. The van der Waals surface area contributed by atoms with Crippen molar-refractivity contribution in [3.8, 4) is 0 Å². The second-order valence-electron chi connectivity index (χ2n) is 4.73. The highest BCUT2D eigenvalue weighted by Crippen LogP contribution is 2.09. The van der Waals surface area contributed by atoms with Crippen molar-refractivity contribution in [2.75, 3.05) is 13.1 Å². The zero-order valence-corrected chi connectivity index (χ0v) is 10.9. The minimum atomic E-state index is -0.117. The van der Waals surface area contributed by atoms with Crippen molar-refractivity contribution in [3.63, 3.8) is 0 Å². The molecule has 1 aliphatic rings. The number of rotatable bonds is 0. The first-order valence-corrected chi connectivity index (χ1v) is 6.06. The van der Waals surface area contributed by atoms with Crippen LogP contribution in [0.5, 0.6) is 0 Å². The van der Waals surface area contributed by atoms with Crippen LogP contribution < -0.4 is 5.32 Å². The molecular formula is C12H26N2O. The average molecular weight is 214 g/mol. The quantitative estimate of drug-likeness (QED) is 0.660. The molecule has 0 aliphatic carbocycles. The number of piperidine rings is 1. The molecule has 1 fully saturated rings. The van der Waals surface area contributed by atoms with Crippen molar-refractivity contribution in [3.05, 3.63) is 0 Å². The highest BCUT2D eigenvalue weighted by molar-refractivity contribution is 5.74. The largest absolute Gasteiger partial charge is 0.333 e. The number of hydrogen-bond acceptors (Lipinski definition) is 1. The zero-order valence-electron chi connectivity index (χ0n) is 10.9. The molecule has 0 aromatic heterocycles. The molecule has 0 aromatic carbocycles. The van der Waals surface area contributed by atoms with E-state index in [4.69, 9.17) is 0 Å². The molecule has 1 heterocycles. The molecule has 3 nitrogen and oxygen atoms in total. The van der Waals surface area contributed by atoms with E-state index in [2.05, 4.69) is 5.32 Å². The normalized spacial score (nSPS) is 16.5. The number of carbonyl (C=O) groups is 1. The summed E-state index contributed by atoms with van der Waals surface area (Å²) >= 11 is 0. The zero-order chi connectivity index (χ0) is 11.9. The Bertz CT molecular complexity index is 179. The van der Waals surface area contributed by atoms with Crippen molar-refractivity contribution < 1.29 is 4.79 Å². The summed E-state index contributed by atoms with van der Waals surface area (Å²) in [5.74, 6) is 0. The summed E-state index contributed by atoms with van der Waals surface area (Å²) in [7, 11) is 0. The summed E-state index contributed by atoms with van der Waals surface area (Å²) in [6.45, 7) is 11.9. The molecule has 3 heteroatoms. The van der Waals surface area contributed by atoms with Gasteiger partial charge in [-0.1, -0.05) is 13.8 Å². The maximum atomic E-state index is 11.6. The molecule has 0 spiro atoms. The van der Waals surface area contributed by atoms with Crippen LogP contribution in [0, 0.1) is 0 Å². The molecule has 1 rings (SSSR count). The summed E-state index contributed by atoms with van der Waals surface area (Å²) < 4.78 is 0. The van der Waals surface area contributed by atoms with Crippen molar-refractivity contribution in [2.45, 2.75) is 59.4 Å². The summed E-state index contributed by atoms with van der Waals surface area (Å²) in [6.07, 6.45) is 3.56. The Balaban J connectivity index is 0.000000921. The standard InChI is InChI=1S/C10H20N2O.C2H6/c1-10(2,3)11-9(13)12-7-5-4-6-8-12;1-2/h4-8H2,1-3H3,(H,11,13);1-2H3. The summed E-state index contributed by atoms with van der Waals surface area (Å²) in [6, 6.07) is 0.0900. The van der Waals surface area contributed by atoms with E-state index in [9.17, 15) is 4.79 Å². The van der Waals surface area contributed by atoms with Crippen molar-refractivity contribution >= 4 is 6.03 Å². The summed E-state index contributed by atoms with van der Waals surface area (Å²) in [4.78, 5) is 13.5. The SMILES string of the molecule is CC.CC(C)(C)NC(=O)N1CCCCC1. The Hall–Kier alpha value is -0.730. The van der Waals surface area contributed by atoms with Crippen molar-refractivity contribution in [1.82, 2.24) is 10.2 Å². The topological polar surface area (TPSA) is 32.3 Å². The van der Waals surface area contributed by atoms with Crippen LogP contribution in [-0.2, 0) is 0 Å². The fraction of sp³-hybridized carbons (Fsp3) is 0.917. The van der Waals surface area contributed by atoms with Crippen LogP contribution in [0.25, 0.3) is 0 Å². The van der Waals surface area contributed by atoms with E-state index in [0.29, 0.717) is 0 Å². The third kappa shape index (κ3) is 6.37. The number of amides is 2. The second kappa shape index (κ2) is 6.70. The predicted octanol–water partition coefficient (Wildman–Crippen LogP) is 3.01. The number of nitrogens with one attached hydrogen (secondary N) is 1. The minimum Gasteiger partial charge on any atom is -0.333 e. The highest BCUT2D eigenvalue weighted by Gasteiger charge is 2.20. The monoisotopic (exact) mass is 214 g/mol. The Labute approximate surface area is 94.2 Å². The number of likely N-dealkylation sites (tertiary alicyclic amines) is 1. The Morgan fingerprint density at radius 1 is 1.07 bits per heavy atom. The molecule has 1 saturated heterocycles. The molecule has 0 atom stereocenters. The Morgan fingerprint density at radius 2 is 1.53 bits per heavy atom. The smallest absolute Gasteiger partial charge is 0.317 e. The fourth-order valence-electron chi connectivity index (χ4n) is 1.50. The van der Waals surface area contributed by atoms with Gasteiger partial charge in [-0.2, -0.15) is 0 Å². The maximum absolute atomic E-state index is 11.6. The first kappa shape index (κ1) is 14.3. The molecule has 0 radical (unpaired) electrons. The lowest BCUT2D eigenvalue weighted by molar-refractivity contribution is 0.178. The van der Waals surface area contributed by atoms with Crippen molar-refractivity contribution in [2.24, 2.45) is 0 Å². The molecule has 0 bridgehead atoms. The van der Waals surface area contributed by atoms with E-state index in [1.165, 1.54) is 6.42 Å². The van der Waals surface area contributed by atoms with Gasteiger partial charge in [-0.3, -0.25) is 0 Å². The van der Waals surface area contributed by atoms with Gasteiger partial charge in [-0.15, -0.1) is 0 Å². The van der Waals surface area contributed by atoms with E-state index in [1.807, 2.05) is 39.5 Å². The molecular weight excluding hydrogens is 188 g/mol. The van der Waals surface area contributed by atoms with Crippen LogP contribution in [0.4, 0.5) is 4.79 Å². The van der Waals surface area contributed by atoms with Gasteiger partial charge in [0, 0.05) is 18.6 Å². The fourth-order valence-corrected chi connectivity index (χ4v) is 1.50. The summed E-state index contributed by atoms with van der Waals surface area (Å²) in [5, 5.41) is 2.98. The van der Waals surface area contributed by atoms with Gasteiger partial charge in [-0.05, 0) is 40.0 Å². The van der Waals surface area contributed by atoms with Crippen molar-refractivity contribution in [1.29, 1.82) is 0 Å². The number of hydrogen-bond donors (Lipinski definition) is 1. The van der Waals surface area contributed by atoms with Gasteiger partial charge >= 0.3 is 6.03 Å². The maximum Gasteiger partial charge on any atom is 0.317 e. The lowest BCUT2D eigenvalue weighted by atomic mass is 10.1. The van der Waals surface area contributed by atoms with Crippen LogP contribution in [0.15, 0.2) is 0 Å². The lowest BCUT2D eigenvalue weighted by Gasteiger charge is -2.30. The van der Waals surface area contributed by atoms with Gasteiger partial charge in [-0.25, -0.2) is 4.79 Å². The molecule has 1 N–H and O–H groups in total. The minimum absolute atomic E-state index is 0.0900. The van der Waals surface area contributed by atoms with E-state index in [1.54, 1.807) is 0 Å². The van der Waals surface area contributed by atoms with E-state index in [0.717, 1.165) is 25.9 Å². The second-order valence-corrected chi connectivity index (χ2v) is 4.73. The molecule has 0 aromatic rings. The highest BCUT2D eigenvalue weighted by atomic mass is 16.2. The van der Waals surface area contributed by atoms with Crippen LogP contribution in [0.2, 0.25) is 0 Å². The third-order valence-corrected chi connectivity index (χ3v) is 2.13. The predicted molar refractivity (Wildman–Crippen MR) is 65.1 cm³/mol. The van der Waals surface area contributed by atoms with Gasteiger partial charge in [0.2, 0.25) is 0 Å². The number of urea groups is 1. The van der Waals surface area contributed by atoms with Gasteiger partial charge in [0.15, 0.2) is 0 Å². The van der Waals surface area contributed by atoms with Crippen LogP contribution >= 0.6 is 0 Å². The first-order chi connectivity index (χ1) is 6.99. The molecule has 0 unspecified atom stereocenters. The van der Waals surface area contributed by atoms with Crippen LogP contribution in [0.3, 0.4) is 0 Å². The van der Waals surface area contributed by atoms with E-state index in [-0.39, 0.29) is 11.6 Å². The first-order valence-electron chi connectivity index (χ1n) is 6.06. The van der Waals surface area contributed by atoms with Gasteiger partial charge < -0.3 is 10.2 Å². The molecule has 90 valence electrons. The Morgan fingerprint density at radius 3 is 1.93 bits per heavy atom. The van der Waals surface area contributed by atoms with E-state index >= 15 is 0 Å². The number of nitrogens with zero attached hydrogens (tertiary/aromatic N) is 1.